The maximum Gasteiger partial charge on any atom is 0.0611 e. The first kappa shape index (κ1) is 12.7. The molecular weight excluding hydrogens is 222 g/mol. The maximum atomic E-state index is 9.32. The van der Waals surface area contributed by atoms with Crippen LogP contribution in [-0.4, -0.2) is 41.0 Å². The van der Waals surface area contributed by atoms with Crippen LogP contribution >= 0.6 is 11.8 Å². The quantitative estimate of drug-likeness (QED) is 0.792. The summed E-state index contributed by atoms with van der Waals surface area (Å²) in [7, 11) is 0. The van der Waals surface area contributed by atoms with Crippen molar-refractivity contribution in [3.63, 3.8) is 0 Å². The fourth-order valence-corrected chi connectivity index (χ4v) is 4.42. The van der Waals surface area contributed by atoms with Crippen molar-refractivity contribution in [2.45, 2.75) is 54.6 Å². The van der Waals surface area contributed by atoms with Gasteiger partial charge in [-0.15, -0.1) is 0 Å². The van der Waals surface area contributed by atoms with Crippen LogP contribution in [-0.2, 0) is 4.74 Å². The van der Waals surface area contributed by atoms with Crippen molar-refractivity contribution < 1.29 is 9.84 Å². The Balaban J connectivity index is 1.80. The summed E-state index contributed by atoms with van der Waals surface area (Å²) in [5, 5.41) is 10.7. The highest BCUT2D eigenvalue weighted by molar-refractivity contribution is 8.00. The highest BCUT2D eigenvalue weighted by Crippen LogP contribution is 2.37. The Bertz CT molecular complexity index is 221. The van der Waals surface area contributed by atoms with E-state index in [4.69, 9.17) is 10.5 Å². The lowest BCUT2D eigenvalue weighted by molar-refractivity contribution is 0.0996. The molecule has 3 N–H and O–H groups in total. The molecule has 16 heavy (non-hydrogen) atoms. The van der Waals surface area contributed by atoms with Crippen molar-refractivity contribution in [2.75, 3.05) is 19.8 Å². The van der Waals surface area contributed by atoms with Gasteiger partial charge in [-0.05, 0) is 32.1 Å². The summed E-state index contributed by atoms with van der Waals surface area (Å²) >= 11 is 2.09. The van der Waals surface area contributed by atoms with Gasteiger partial charge in [-0.3, -0.25) is 0 Å². The van der Waals surface area contributed by atoms with E-state index in [0.717, 1.165) is 37.7 Å². The lowest BCUT2D eigenvalue weighted by Gasteiger charge is -2.38. The molecule has 1 saturated carbocycles. The fraction of sp³-hybridized carbons (Fsp3) is 1.00. The van der Waals surface area contributed by atoms with Gasteiger partial charge in [-0.25, -0.2) is 0 Å². The van der Waals surface area contributed by atoms with Crippen molar-refractivity contribution in [3.05, 3.63) is 0 Å². The van der Waals surface area contributed by atoms with Crippen LogP contribution in [0.25, 0.3) is 0 Å². The molecule has 2 aliphatic rings. The second kappa shape index (κ2) is 5.71. The number of aliphatic hydroxyl groups excluding tert-OH is 1. The highest BCUT2D eigenvalue weighted by Gasteiger charge is 2.33. The molecule has 2 fully saturated rings. The number of rotatable bonds is 3. The van der Waals surface area contributed by atoms with Crippen LogP contribution in [0.1, 0.15) is 38.5 Å². The van der Waals surface area contributed by atoms with Crippen LogP contribution in [0.15, 0.2) is 0 Å². The Morgan fingerprint density at radius 2 is 2.00 bits per heavy atom. The van der Waals surface area contributed by atoms with E-state index in [1.165, 1.54) is 19.3 Å². The van der Waals surface area contributed by atoms with E-state index in [1.54, 1.807) is 0 Å². The van der Waals surface area contributed by atoms with Gasteiger partial charge in [0.2, 0.25) is 0 Å². The number of thioether (sulfide) groups is 1. The van der Waals surface area contributed by atoms with Crippen molar-refractivity contribution in [3.8, 4) is 0 Å². The second-order valence-electron chi connectivity index (χ2n) is 5.19. The van der Waals surface area contributed by atoms with Crippen LogP contribution in [0.4, 0.5) is 0 Å². The first-order valence-electron chi connectivity index (χ1n) is 6.35. The predicted octanol–water partition coefficient (Wildman–Crippen LogP) is 1.53. The van der Waals surface area contributed by atoms with Gasteiger partial charge < -0.3 is 15.6 Å². The van der Waals surface area contributed by atoms with Crippen molar-refractivity contribution in [1.82, 2.24) is 0 Å². The number of hydrogen-bond acceptors (Lipinski definition) is 4. The Morgan fingerprint density at radius 1 is 1.25 bits per heavy atom. The van der Waals surface area contributed by atoms with Crippen LogP contribution in [0.3, 0.4) is 0 Å². The summed E-state index contributed by atoms with van der Waals surface area (Å²) in [4.78, 5) is 0. The second-order valence-corrected chi connectivity index (χ2v) is 6.79. The van der Waals surface area contributed by atoms with Gasteiger partial charge in [0, 0.05) is 29.3 Å². The summed E-state index contributed by atoms with van der Waals surface area (Å²) in [6.07, 6.45) is 6.74. The summed E-state index contributed by atoms with van der Waals surface area (Å²) in [6, 6.07) is 0. The summed E-state index contributed by atoms with van der Waals surface area (Å²) in [5.41, 5.74) is 5.86. The summed E-state index contributed by atoms with van der Waals surface area (Å²) in [5.74, 6) is 0. The Kier molecular flexibility index (Phi) is 4.53. The lowest BCUT2D eigenvalue weighted by atomic mass is 9.83. The molecule has 0 spiro atoms. The van der Waals surface area contributed by atoms with Crippen LogP contribution in [0, 0.1) is 0 Å². The fourth-order valence-electron chi connectivity index (χ4n) is 2.68. The van der Waals surface area contributed by atoms with Gasteiger partial charge >= 0.3 is 0 Å². The lowest BCUT2D eigenvalue weighted by Crippen LogP contribution is -2.48. The first-order valence-corrected chi connectivity index (χ1v) is 7.29. The maximum absolute atomic E-state index is 9.32. The summed E-state index contributed by atoms with van der Waals surface area (Å²) in [6.45, 7) is 1.97. The molecule has 2 atom stereocenters. The Morgan fingerprint density at radius 3 is 2.69 bits per heavy atom. The van der Waals surface area contributed by atoms with E-state index in [-0.39, 0.29) is 12.1 Å². The molecule has 2 rings (SSSR count). The molecule has 0 amide bonds. The monoisotopic (exact) mass is 245 g/mol. The third-order valence-electron chi connectivity index (χ3n) is 3.70. The van der Waals surface area contributed by atoms with Crippen LogP contribution in [0.2, 0.25) is 0 Å². The highest BCUT2D eigenvalue weighted by atomic mass is 32.2. The van der Waals surface area contributed by atoms with Gasteiger partial charge in [-0.2, -0.15) is 11.8 Å². The van der Waals surface area contributed by atoms with E-state index in [1.807, 2.05) is 0 Å². The van der Waals surface area contributed by atoms with Crippen LogP contribution < -0.4 is 5.73 Å². The third kappa shape index (κ3) is 3.36. The largest absolute Gasteiger partial charge is 0.394 e. The van der Waals surface area contributed by atoms with Gasteiger partial charge in [0.15, 0.2) is 0 Å². The minimum absolute atomic E-state index is 0.137. The smallest absolute Gasteiger partial charge is 0.0611 e. The number of hydrogen-bond donors (Lipinski definition) is 2. The summed E-state index contributed by atoms with van der Waals surface area (Å²) < 4.78 is 5.37. The molecule has 0 aromatic rings. The predicted molar refractivity (Wildman–Crippen MR) is 67.7 cm³/mol. The molecule has 3 nitrogen and oxygen atoms in total. The average Bonchev–Trinajstić information content (AvgIpc) is 2.30. The molecule has 1 saturated heterocycles. The number of ether oxygens (including phenoxy) is 1. The van der Waals surface area contributed by atoms with E-state index < -0.39 is 0 Å². The molecule has 4 heteroatoms. The van der Waals surface area contributed by atoms with Crippen molar-refractivity contribution >= 4 is 11.8 Å². The van der Waals surface area contributed by atoms with E-state index in [9.17, 15) is 5.11 Å². The van der Waals surface area contributed by atoms with Crippen LogP contribution in [0.5, 0.6) is 0 Å². The van der Waals surface area contributed by atoms with Gasteiger partial charge in [0.1, 0.15) is 0 Å². The van der Waals surface area contributed by atoms with Crippen molar-refractivity contribution in [2.24, 2.45) is 5.73 Å². The zero-order chi connectivity index (χ0) is 11.4. The SMILES string of the molecule is NC1(CO)CCCC(SC2CCOCC2)C1. The topological polar surface area (TPSA) is 55.5 Å². The van der Waals surface area contributed by atoms with Gasteiger partial charge in [-0.1, -0.05) is 6.42 Å². The number of aliphatic hydroxyl groups is 1. The molecule has 0 radical (unpaired) electrons. The minimum atomic E-state index is -0.304. The van der Waals surface area contributed by atoms with E-state index >= 15 is 0 Å². The molecule has 94 valence electrons. The minimum Gasteiger partial charge on any atom is -0.394 e. The molecule has 0 aromatic heterocycles. The van der Waals surface area contributed by atoms with Gasteiger partial charge in [0.05, 0.1) is 6.61 Å². The zero-order valence-corrected chi connectivity index (χ0v) is 10.7. The molecule has 1 heterocycles. The molecule has 0 bridgehead atoms. The standard InChI is InChI=1S/C12H23NO2S/c13-12(9-14)5-1-2-11(8-12)16-10-3-6-15-7-4-10/h10-11,14H,1-9,13H2. The van der Waals surface area contributed by atoms with Gasteiger partial charge in [0.25, 0.3) is 0 Å². The van der Waals surface area contributed by atoms with E-state index in [2.05, 4.69) is 11.8 Å². The normalized spacial score (nSPS) is 37.5. The Labute approximate surface area is 102 Å². The Hall–Kier alpha value is 0.230. The molecule has 1 aliphatic heterocycles. The van der Waals surface area contributed by atoms with E-state index in [0.29, 0.717) is 5.25 Å². The molecule has 1 aliphatic carbocycles. The number of nitrogens with two attached hydrogens (primary N) is 1. The third-order valence-corrected chi connectivity index (χ3v) is 5.35. The zero-order valence-electron chi connectivity index (χ0n) is 9.86. The first-order chi connectivity index (χ1) is 7.72. The molecular formula is C12H23NO2S. The average molecular weight is 245 g/mol. The molecule has 0 aromatic carbocycles. The molecule has 2 unspecified atom stereocenters. The van der Waals surface area contributed by atoms with Crippen molar-refractivity contribution in [1.29, 1.82) is 0 Å².